The number of carbonyl (C=O) groups is 1. The summed E-state index contributed by atoms with van der Waals surface area (Å²) in [6.45, 7) is 8.62. The number of halogens is 1. The molecule has 2 heterocycles. The van der Waals surface area contributed by atoms with Gasteiger partial charge in [-0.15, -0.1) is 0 Å². The minimum Gasteiger partial charge on any atom is -0.493 e. The van der Waals surface area contributed by atoms with Gasteiger partial charge in [0.1, 0.15) is 17.4 Å². The molecule has 0 fully saturated rings. The molecule has 3 aromatic rings. The van der Waals surface area contributed by atoms with Gasteiger partial charge in [0.05, 0.1) is 17.9 Å². The third kappa shape index (κ3) is 6.78. The SMILES string of the molecule is CCCN(C)c1nc(-c2cc(F)cc(OCC(C)C)c2)ccc1C(=O)NS(=O)(=O)c1cccc(C)n1.[HH].[HH]. The summed E-state index contributed by atoms with van der Waals surface area (Å²) in [4.78, 5) is 23.5. The van der Waals surface area contributed by atoms with E-state index in [0.717, 1.165) is 6.42 Å². The topological polar surface area (TPSA) is 101 Å². The molecule has 3 rings (SSSR count). The number of hydrogen-bond acceptors (Lipinski definition) is 7. The maximum absolute atomic E-state index is 14.3. The normalized spacial score (nSPS) is 11.4. The number of pyridine rings is 2. The first kappa shape index (κ1) is 27.1. The third-order valence-corrected chi connectivity index (χ3v) is 6.39. The van der Waals surface area contributed by atoms with Crippen LogP contribution in [0.3, 0.4) is 0 Å². The number of nitrogens with zero attached hydrogens (tertiary/aromatic N) is 3. The molecule has 0 bridgehead atoms. The van der Waals surface area contributed by atoms with Crippen LogP contribution in [0, 0.1) is 18.7 Å². The Kier molecular flexibility index (Phi) is 8.62. The van der Waals surface area contributed by atoms with Crippen molar-refractivity contribution < 1.29 is 25.2 Å². The highest BCUT2D eigenvalue weighted by Gasteiger charge is 2.24. The van der Waals surface area contributed by atoms with Crippen molar-refractivity contribution in [3.63, 3.8) is 0 Å². The first-order valence-corrected chi connectivity index (χ1v) is 13.1. The number of aryl methyl sites for hydroxylation is 1. The van der Waals surface area contributed by atoms with E-state index >= 15 is 0 Å². The molecule has 1 N–H and O–H groups in total. The molecule has 196 valence electrons. The van der Waals surface area contributed by atoms with Gasteiger partial charge in [-0.25, -0.2) is 19.1 Å². The molecule has 0 radical (unpaired) electrons. The average molecular weight is 519 g/mol. The number of rotatable bonds is 10. The summed E-state index contributed by atoms with van der Waals surface area (Å²) in [5, 5.41) is -0.252. The summed E-state index contributed by atoms with van der Waals surface area (Å²) < 4.78 is 47.6. The van der Waals surface area contributed by atoms with Crippen molar-refractivity contribution in [3.8, 4) is 17.0 Å². The number of hydrogen-bond donors (Lipinski definition) is 1. The van der Waals surface area contributed by atoms with Crippen LogP contribution in [-0.4, -0.2) is 44.5 Å². The van der Waals surface area contributed by atoms with Crippen LogP contribution < -0.4 is 14.4 Å². The van der Waals surface area contributed by atoms with Crippen molar-refractivity contribution in [1.29, 1.82) is 0 Å². The summed E-state index contributed by atoms with van der Waals surface area (Å²) in [5.41, 5.74) is 1.47. The van der Waals surface area contributed by atoms with Crippen molar-refractivity contribution in [3.05, 3.63) is 65.6 Å². The fourth-order valence-electron chi connectivity index (χ4n) is 3.47. The Morgan fingerprint density at radius 1 is 1.17 bits per heavy atom. The standard InChI is InChI=1S/C26H31FN4O4S.2H2/c1-6-12-31(5)25-22(26(32)30-36(33,34)24-9-7-8-18(4)28-24)10-11-23(29-25)19-13-20(27)15-21(14-19)35-16-17(2)3;;/h7-11,13-15,17H,6,12,16H2,1-5H3,(H,30,32);2*1H. The first-order chi connectivity index (χ1) is 17.0. The van der Waals surface area contributed by atoms with E-state index in [4.69, 9.17) is 4.74 Å². The second-order valence-electron chi connectivity index (χ2n) is 8.92. The number of ether oxygens (including phenoxy) is 1. The molecule has 0 atom stereocenters. The van der Waals surface area contributed by atoms with E-state index in [9.17, 15) is 17.6 Å². The second kappa shape index (κ2) is 11.5. The summed E-state index contributed by atoms with van der Waals surface area (Å²) in [7, 11) is -2.44. The van der Waals surface area contributed by atoms with Crippen LogP contribution in [0.2, 0.25) is 0 Å². The van der Waals surface area contributed by atoms with Crippen molar-refractivity contribution in [2.24, 2.45) is 5.92 Å². The number of anilines is 1. The molecule has 0 unspecified atom stereocenters. The smallest absolute Gasteiger partial charge is 0.281 e. The molecule has 0 aliphatic heterocycles. The second-order valence-corrected chi connectivity index (χ2v) is 10.6. The Labute approximate surface area is 214 Å². The van der Waals surface area contributed by atoms with Gasteiger partial charge in [-0.2, -0.15) is 8.42 Å². The van der Waals surface area contributed by atoms with Gasteiger partial charge in [-0.1, -0.05) is 26.8 Å². The van der Waals surface area contributed by atoms with E-state index < -0.39 is 21.7 Å². The molecule has 2 aromatic heterocycles. The Morgan fingerprint density at radius 3 is 2.58 bits per heavy atom. The Morgan fingerprint density at radius 2 is 1.92 bits per heavy atom. The maximum atomic E-state index is 14.3. The van der Waals surface area contributed by atoms with E-state index in [0.29, 0.717) is 35.9 Å². The lowest BCUT2D eigenvalue weighted by molar-refractivity contribution is 0.0981. The van der Waals surface area contributed by atoms with E-state index in [-0.39, 0.29) is 25.2 Å². The van der Waals surface area contributed by atoms with E-state index in [1.807, 2.05) is 20.8 Å². The van der Waals surface area contributed by atoms with Gasteiger partial charge < -0.3 is 9.64 Å². The highest BCUT2D eigenvalue weighted by Crippen LogP contribution is 2.28. The molecule has 0 aliphatic rings. The van der Waals surface area contributed by atoms with Crippen LogP contribution in [0.15, 0.2) is 53.6 Å². The van der Waals surface area contributed by atoms with Crippen LogP contribution in [0.25, 0.3) is 11.3 Å². The highest BCUT2D eigenvalue weighted by molar-refractivity contribution is 7.90. The zero-order valence-electron chi connectivity index (χ0n) is 21.1. The summed E-state index contributed by atoms with van der Waals surface area (Å²) in [5.74, 6) is -0.394. The van der Waals surface area contributed by atoms with Crippen molar-refractivity contribution in [2.75, 3.05) is 25.1 Å². The van der Waals surface area contributed by atoms with Gasteiger partial charge >= 0.3 is 0 Å². The van der Waals surface area contributed by atoms with Crippen LogP contribution >= 0.6 is 0 Å². The molecule has 0 spiro atoms. The molecular formula is C26H35FN4O4S. The van der Waals surface area contributed by atoms with Crippen LogP contribution in [0.1, 0.15) is 46.1 Å². The lowest BCUT2D eigenvalue weighted by Crippen LogP contribution is -2.33. The fraction of sp³-hybridized carbons (Fsp3) is 0.346. The Balaban J connectivity index is 0.00000361. The zero-order valence-corrected chi connectivity index (χ0v) is 21.9. The molecule has 1 aromatic carbocycles. The molecule has 1 amide bonds. The Hall–Kier alpha value is -3.53. The average Bonchev–Trinajstić information content (AvgIpc) is 2.82. The highest BCUT2D eigenvalue weighted by atomic mass is 32.2. The first-order valence-electron chi connectivity index (χ1n) is 11.7. The minimum atomic E-state index is -4.19. The van der Waals surface area contributed by atoms with Gasteiger partial charge in [-0.3, -0.25) is 4.79 Å². The number of carbonyl (C=O) groups excluding carboxylic acids is 1. The minimum absolute atomic E-state index is 0. The maximum Gasteiger partial charge on any atom is 0.281 e. The molecular weight excluding hydrogens is 483 g/mol. The molecule has 8 nitrogen and oxygen atoms in total. The largest absolute Gasteiger partial charge is 0.493 e. The van der Waals surface area contributed by atoms with Crippen LogP contribution in [0.5, 0.6) is 5.75 Å². The molecule has 10 heteroatoms. The predicted octanol–water partition coefficient (Wildman–Crippen LogP) is 5.08. The number of aromatic nitrogens is 2. The number of amides is 1. The lowest BCUT2D eigenvalue weighted by Gasteiger charge is -2.21. The van der Waals surface area contributed by atoms with Crippen LogP contribution in [-0.2, 0) is 10.0 Å². The number of nitrogens with one attached hydrogen (secondary N) is 1. The quantitative estimate of drug-likeness (QED) is 0.399. The molecule has 36 heavy (non-hydrogen) atoms. The predicted molar refractivity (Wildman–Crippen MR) is 141 cm³/mol. The summed E-state index contributed by atoms with van der Waals surface area (Å²) in [6, 6.07) is 11.9. The van der Waals surface area contributed by atoms with Gasteiger partial charge in [0.2, 0.25) is 0 Å². The number of benzene rings is 1. The van der Waals surface area contributed by atoms with E-state index in [2.05, 4.69) is 14.7 Å². The number of sulfonamides is 1. The van der Waals surface area contributed by atoms with Gasteiger partial charge in [0, 0.05) is 33.8 Å². The van der Waals surface area contributed by atoms with Gasteiger partial charge in [-0.05, 0) is 55.7 Å². The monoisotopic (exact) mass is 518 g/mol. The third-order valence-electron chi connectivity index (χ3n) is 5.16. The Bertz CT molecular complexity index is 1360. The fourth-order valence-corrected chi connectivity index (χ4v) is 4.45. The van der Waals surface area contributed by atoms with Crippen molar-refractivity contribution in [1.82, 2.24) is 14.7 Å². The van der Waals surface area contributed by atoms with Gasteiger partial charge in [0.15, 0.2) is 5.03 Å². The van der Waals surface area contributed by atoms with E-state index in [1.165, 1.54) is 24.3 Å². The molecule has 0 saturated carbocycles. The zero-order chi connectivity index (χ0) is 26.5. The van der Waals surface area contributed by atoms with E-state index in [1.54, 1.807) is 43.1 Å². The molecule has 0 saturated heterocycles. The summed E-state index contributed by atoms with van der Waals surface area (Å²) in [6.07, 6.45) is 0.766. The lowest BCUT2D eigenvalue weighted by atomic mass is 10.1. The molecule has 0 aliphatic carbocycles. The van der Waals surface area contributed by atoms with Crippen molar-refractivity contribution >= 4 is 21.7 Å². The van der Waals surface area contributed by atoms with Crippen LogP contribution in [0.4, 0.5) is 10.2 Å². The van der Waals surface area contributed by atoms with Crippen molar-refractivity contribution in [2.45, 2.75) is 39.1 Å². The van der Waals surface area contributed by atoms with Gasteiger partial charge in [0.25, 0.3) is 15.9 Å². The summed E-state index contributed by atoms with van der Waals surface area (Å²) >= 11 is 0.